The van der Waals surface area contributed by atoms with Gasteiger partial charge in [-0.1, -0.05) is 0 Å². The third-order valence-corrected chi connectivity index (χ3v) is 3.99. The highest BCUT2D eigenvalue weighted by Gasteiger charge is 2.23. The molecule has 0 aliphatic heterocycles. The second-order valence-electron chi connectivity index (χ2n) is 4.08. The number of benzene rings is 1. The second-order valence-corrected chi connectivity index (χ2v) is 5.79. The third kappa shape index (κ3) is 5.12. The summed E-state index contributed by atoms with van der Waals surface area (Å²) < 4.78 is 43.3. The normalized spacial score (nSPS) is 12.5. The maximum Gasteiger partial charge on any atom is 0.324 e. The van der Waals surface area contributed by atoms with Crippen LogP contribution in [-0.2, 0) is 24.3 Å². The first kappa shape index (κ1) is 17.1. The first-order valence-corrected chi connectivity index (χ1v) is 7.39. The lowest BCUT2D eigenvalue weighted by Gasteiger charge is -2.13. The van der Waals surface area contributed by atoms with Crippen LogP contribution in [0.25, 0.3) is 0 Å². The quantitative estimate of drug-likeness (QED) is 0.706. The Hall–Kier alpha value is -2.00. The SMILES string of the molecule is CNC(=O)COC(=O)[C@H](C)NS(=O)(=O)c1ccc(F)cc1. The molecule has 0 saturated carbocycles. The van der Waals surface area contributed by atoms with E-state index in [2.05, 4.69) is 14.8 Å². The molecule has 0 aliphatic carbocycles. The van der Waals surface area contributed by atoms with Crippen LogP contribution in [0.4, 0.5) is 4.39 Å². The zero-order valence-corrected chi connectivity index (χ0v) is 12.2. The Labute approximate surface area is 121 Å². The summed E-state index contributed by atoms with van der Waals surface area (Å²) in [5.41, 5.74) is 0. The Bertz CT molecular complexity index is 615. The van der Waals surface area contributed by atoms with Crippen LogP contribution in [0.5, 0.6) is 0 Å². The Kier molecular flexibility index (Phi) is 5.79. The van der Waals surface area contributed by atoms with Gasteiger partial charge in [-0.05, 0) is 31.2 Å². The number of ether oxygens (including phenoxy) is 1. The monoisotopic (exact) mass is 318 g/mol. The summed E-state index contributed by atoms with van der Waals surface area (Å²) >= 11 is 0. The highest BCUT2D eigenvalue weighted by Crippen LogP contribution is 2.10. The zero-order chi connectivity index (χ0) is 16.0. The Balaban J connectivity index is 2.68. The molecule has 0 aliphatic rings. The van der Waals surface area contributed by atoms with Gasteiger partial charge in [0, 0.05) is 7.05 Å². The summed E-state index contributed by atoms with van der Waals surface area (Å²) in [7, 11) is -2.61. The van der Waals surface area contributed by atoms with E-state index in [1.165, 1.54) is 14.0 Å². The van der Waals surface area contributed by atoms with E-state index < -0.39 is 40.4 Å². The number of esters is 1. The lowest BCUT2D eigenvalue weighted by atomic mass is 10.4. The van der Waals surface area contributed by atoms with Crippen molar-refractivity contribution >= 4 is 21.9 Å². The smallest absolute Gasteiger partial charge is 0.324 e. The maximum atomic E-state index is 12.7. The van der Waals surface area contributed by atoms with Crippen LogP contribution in [0.2, 0.25) is 0 Å². The van der Waals surface area contributed by atoms with Crippen molar-refractivity contribution in [2.24, 2.45) is 0 Å². The fraction of sp³-hybridized carbons (Fsp3) is 0.333. The van der Waals surface area contributed by atoms with Crippen LogP contribution in [0.1, 0.15) is 6.92 Å². The molecule has 0 spiro atoms. The molecule has 1 amide bonds. The molecular formula is C12H15FN2O5S. The van der Waals surface area contributed by atoms with Crippen molar-refractivity contribution < 1.29 is 27.1 Å². The van der Waals surface area contributed by atoms with E-state index in [4.69, 9.17) is 0 Å². The van der Waals surface area contributed by atoms with Crippen LogP contribution < -0.4 is 10.0 Å². The van der Waals surface area contributed by atoms with Gasteiger partial charge in [-0.3, -0.25) is 9.59 Å². The van der Waals surface area contributed by atoms with Crippen LogP contribution >= 0.6 is 0 Å². The molecule has 0 aromatic heterocycles. The van der Waals surface area contributed by atoms with E-state index in [-0.39, 0.29) is 4.90 Å². The number of carbonyl (C=O) groups excluding carboxylic acids is 2. The maximum absolute atomic E-state index is 12.7. The van der Waals surface area contributed by atoms with Gasteiger partial charge in [0.1, 0.15) is 11.9 Å². The number of amides is 1. The van der Waals surface area contributed by atoms with Crippen molar-refractivity contribution in [1.29, 1.82) is 0 Å². The molecule has 1 aromatic rings. The summed E-state index contributed by atoms with van der Waals surface area (Å²) in [4.78, 5) is 22.3. The van der Waals surface area contributed by atoms with E-state index in [0.717, 1.165) is 24.3 Å². The molecule has 1 rings (SSSR count). The molecule has 7 nitrogen and oxygen atoms in total. The van der Waals surface area contributed by atoms with E-state index in [1.54, 1.807) is 0 Å². The van der Waals surface area contributed by atoms with E-state index >= 15 is 0 Å². The topological polar surface area (TPSA) is 102 Å². The second kappa shape index (κ2) is 7.14. The number of hydrogen-bond acceptors (Lipinski definition) is 5. The number of carbonyl (C=O) groups is 2. The van der Waals surface area contributed by atoms with Crippen molar-refractivity contribution in [3.63, 3.8) is 0 Å². The van der Waals surface area contributed by atoms with Crippen molar-refractivity contribution in [3.8, 4) is 0 Å². The van der Waals surface area contributed by atoms with Crippen molar-refractivity contribution in [2.75, 3.05) is 13.7 Å². The van der Waals surface area contributed by atoms with E-state index in [1.807, 2.05) is 0 Å². The average Bonchev–Trinajstić information content (AvgIpc) is 2.44. The first-order chi connectivity index (χ1) is 9.76. The van der Waals surface area contributed by atoms with Gasteiger partial charge in [0.15, 0.2) is 6.61 Å². The van der Waals surface area contributed by atoms with Gasteiger partial charge in [-0.15, -0.1) is 0 Å². The van der Waals surface area contributed by atoms with E-state index in [9.17, 15) is 22.4 Å². The molecule has 0 fully saturated rings. The van der Waals surface area contributed by atoms with Gasteiger partial charge in [-0.25, -0.2) is 12.8 Å². The highest BCUT2D eigenvalue weighted by atomic mass is 32.2. The van der Waals surface area contributed by atoms with Crippen molar-refractivity contribution in [1.82, 2.24) is 10.0 Å². The summed E-state index contributed by atoms with van der Waals surface area (Å²) in [6.07, 6.45) is 0. The number of sulfonamides is 1. The number of hydrogen-bond donors (Lipinski definition) is 2. The molecule has 1 aromatic carbocycles. The number of halogens is 1. The average molecular weight is 318 g/mol. The van der Waals surface area contributed by atoms with Gasteiger partial charge in [0.05, 0.1) is 4.90 Å². The predicted octanol–water partition coefficient (Wildman–Crippen LogP) is -0.218. The molecule has 116 valence electrons. The lowest BCUT2D eigenvalue weighted by Crippen LogP contribution is -2.40. The Morgan fingerprint density at radius 3 is 2.38 bits per heavy atom. The minimum absolute atomic E-state index is 0.185. The number of rotatable bonds is 6. The highest BCUT2D eigenvalue weighted by molar-refractivity contribution is 7.89. The van der Waals surface area contributed by atoms with Gasteiger partial charge in [-0.2, -0.15) is 4.72 Å². The molecule has 21 heavy (non-hydrogen) atoms. The molecule has 1 atom stereocenters. The van der Waals surface area contributed by atoms with Crippen LogP contribution in [-0.4, -0.2) is 40.0 Å². The van der Waals surface area contributed by atoms with Gasteiger partial charge in [0.2, 0.25) is 10.0 Å². The van der Waals surface area contributed by atoms with Crippen molar-refractivity contribution in [2.45, 2.75) is 17.9 Å². The van der Waals surface area contributed by atoms with Crippen molar-refractivity contribution in [3.05, 3.63) is 30.1 Å². The number of likely N-dealkylation sites (N-methyl/N-ethyl adjacent to an activating group) is 1. The molecule has 9 heteroatoms. The molecular weight excluding hydrogens is 303 g/mol. The summed E-state index contributed by atoms with van der Waals surface area (Å²) in [6.45, 7) is 0.769. The zero-order valence-electron chi connectivity index (χ0n) is 11.4. The predicted molar refractivity (Wildman–Crippen MR) is 71.2 cm³/mol. The third-order valence-electron chi connectivity index (χ3n) is 2.43. The first-order valence-electron chi connectivity index (χ1n) is 5.91. The molecule has 0 unspecified atom stereocenters. The van der Waals surface area contributed by atoms with Gasteiger partial charge in [0.25, 0.3) is 5.91 Å². The van der Waals surface area contributed by atoms with Crippen LogP contribution in [0.15, 0.2) is 29.2 Å². The molecule has 2 N–H and O–H groups in total. The van der Waals surface area contributed by atoms with Crippen LogP contribution in [0.3, 0.4) is 0 Å². The van der Waals surface area contributed by atoms with Gasteiger partial charge < -0.3 is 10.1 Å². The minimum Gasteiger partial charge on any atom is -0.454 e. The molecule has 0 saturated heterocycles. The minimum atomic E-state index is -3.98. The summed E-state index contributed by atoms with van der Waals surface area (Å²) in [5.74, 6) is -1.99. The summed E-state index contributed by atoms with van der Waals surface area (Å²) in [6, 6.07) is 2.93. The Morgan fingerprint density at radius 1 is 1.29 bits per heavy atom. The largest absolute Gasteiger partial charge is 0.454 e. The standard InChI is InChI=1S/C12H15FN2O5S/c1-8(12(17)20-7-11(16)14-2)15-21(18,19)10-5-3-9(13)4-6-10/h3-6,8,15H,7H2,1-2H3,(H,14,16)/t8-/m0/s1. The van der Waals surface area contributed by atoms with Gasteiger partial charge >= 0.3 is 5.97 Å². The number of nitrogens with one attached hydrogen (secondary N) is 2. The van der Waals surface area contributed by atoms with Crippen LogP contribution in [0, 0.1) is 5.82 Å². The molecule has 0 bridgehead atoms. The summed E-state index contributed by atoms with van der Waals surface area (Å²) in [5, 5.41) is 2.25. The Morgan fingerprint density at radius 2 is 1.86 bits per heavy atom. The molecule has 0 heterocycles. The fourth-order valence-electron chi connectivity index (χ4n) is 1.30. The van der Waals surface area contributed by atoms with E-state index in [0.29, 0.717) is 0 Å². The fourth-order valence-corrected chi connectivity index (χ4v) is 2.49. The molecule has 0 radical (unpaired) electrons. The lowest BCUT2D eigenvalue weighted by molar-refractivity contribution is -0.149.